The molecule has 1 aromatic carbocycles. The number of hydrogen-bond acceptors (Lipinski definition) is 2. The molecule has 1 N–H and O–H groups in total. The monoisotopic (exact) mass is 234 g/mol. The minimum Gasteiger partial charge on any atom is -0.497 e. The van der Waals surface area contributed by atoms with Gasteiger partial charge in [0.2, 0.25) is 0 Å². The molecule has 1 saturated heterocycles. The fourth-order valence-corrected chi connectivity index (χ4v) is 1.95. The van der Waals surface area contributed by atoms with Crippen molar-refractivity contribution >= 4 is 6.03 Å². The standard InChI is InChI=1S/C13H18N2O2/c1-17-12-6-4-11(5-7-12)10-14-13(16)15-8-2-3-9-15/h4-7H,2-3,8-10H2,1H3,(H,14,16). The molecule has 0 aliphatic carbocycles. The van der Waals surface area contributed by atoms with Gasteiger partial charge in [-0.15, -0.1) is 0 Å². The SMILES string of the molecule is COc1ccc(CNC(=O)N2CCCC2)cc1. The first-order valence-electron chi connectivity index (χ1n) is 5.95. The van der Waals surface area contributed by atoms with E-state index in [0.717, 1.165) is 37.2 Å². The first kappa shape index (κ1) is 11.8. The molecule has 17 heavy (non-hydrogen) atoms. The van der Waals surface area contributed by atoms with E-state index in [9.17, 15) is 4.79 Å². The zero-order chi connectivity index (χ0) is 12.1. The predicted octanol–water partition coefficient (Wildman–Crippen LogP) is 2.00. The number of methoxy groups -OCH3 is 1. The molecule has 1 aliphatic rings. The highest BCUT2D eigenvalue weighted by Crippen LogP contribution is 2.11. The van der Waals surface area contributed by atoms with Gasteiger partial charge < -0.3 is 15.0 Å². The lowest BCUT2D eigenvalue weighted by Gasteiger charge is -2.16. The minimum absolute atomic E-state index is 0.0401. The van der Waals surface area contributed by atoms with Gasteiger partial charge in [-0.3, -0.25) is 0 Å². The van der Waals surface area contributed by atoms with Crippen LogP contribution in [0, 0.1) is 0 Å². The normalized spacial score (nSPS) is 14.8. The molecule has 0 unspecified atom stereocenters. The van der Waals surface area contributed by atoms with Crippen molar-refractivity contribution in [2.75, 3.05) is 20.2 Å². The minimum atomic E-state index is 0.0401. The summed E-state index contributed by atoms with van der Waals surface area (Å²) < 4.78 is 5.08. The summed E-state index contributed by atoms with van der Waals surface area (Å²) in [5.41, 5.74) is 1.08. The van der Waals surface area contributed by atoms with Crippen LogP contribution in [0.1, 0.15) is 18.4 Å². The molecular formula is C13H18N2O2. The number of carbonyl (C=O) groups excluding carboxylic acids is 1. The maximum atomic E-state index is 11.7. The third-order valence-electron chi connectivity index (χ3n) is 3.00. The summed E-state index contributed by atoms with van der Waals surface area (Å²) in [4.78, 5) is 13.6. The fourth-order valence-electron chi connectivity index (χ4n) is 1.95. The van der Waals surface area contributed by atoms with Gasteiger partial charge in [0.15, 0.2) is 0 Å². The lowest BCUT2D eigenvalue weighted by molar-refractivity contribution is 0.208. The second-order valence-corrected chi connectivity index (χ2v) is 4.20. The number of rotatable bonds is 3. The maximum Gasteiger partial charge on any atom is 0.317 e. The highest BCUT2D eigenvalue weighted by Gasteiger charge is 2.16. The molecule has 1 heterocycles. The third kappa shape index (κ3) is 3.12. The van der Waals surface area contributed by atoms with Crippen LogP contribution in [0.4, 0.5) is 4.79 Å². The summed E-state index contributed by atoms with van der Waals surface area (Å²) in [7, 11) is 1.64. The molecule has 0 saturated carbocycles. The van der Waals surface area contributed by atoms with Gasteiger partial charge in [-0.2, -0.15) is 0 Å². The Hall–Kier alpha value is -1.71. The van der Waals surface area contributed by atoms with Crippen molar-refractivity contribution < 1.29 is 9.53 Å². The molecule has 1 aliphatic heterocycles. The van der Waals surface area contributed by atoms with Gasteiger partial charge in [0.1, 0.15) is 5.75 Å². The second-order valence-electron chi connectivity index (χ2n) is 4.20. The summed E-state index contributed by atoms with van der Waals surface area (Å²) in [6.45, 7) is 2.34. The first-order valence-corrected chi connectivity index (χ1v) is 5.95. The highest BCUT2D eigenvalue weighted by atomic mass is 16.5. The zero-order valence-electron chi connectivity index (χ0n) is 10.1. The Balaban J connectivity index is 1.82. The summed E-state index contributed by atoms with van der Waals surface area (Å²) >= 11 is 0. The molecule has 0 spiro atoms. The van der Waals surface area contributed by atoms with Crippen molar-refractivity contribution in [3.8, 4) is 5.75 Å². The predicted molar refractivity (Wildman–Crippen MR) is 66.0 cm³/mol. The highest BCUT2D eigenvalue weighted by molar-refractivity contribution is 5.74. The Morgan fingerprint density at radius 3 is 2.53 bits per heavy atom. The van der Waals surface area contributed by atoms with Crippen molar-refractivity contribution in [3.05, 3.63) is 29.8 Å². The lowest BCUT2D eigenvalue weighted by Crippen LogP contribution is -2.37. The number of ether oxygens (including phenoxy) is 1. The molecule has 0 aromatic heterocycles. The van der Waals surface area contributed by atoms with Crippen molar-refractivity contribution in [1.82, 2.24) is 10.2 Å². The fraction of sp³-hybridized carbons (Fsp3) is 0.462. The summed E-state index contributed by atoms with van der Waals surface area (Å²) in [5, 5.41) is 2.92. The van der Waals surface area contributed by atoms with Crippen molar-refractivity contribution in [1.29, 1.82) is 0 Å². The molecule has 4 heteroatoms. The van der Waals surface area contributed by atoms with Crippen LogP contribution in [-0.4, -0.2) is 31.1 Å². The van der Waals surface area contributed by atoms with Crippen LogP contribution in [0.2, 0.25) is 0 Å². The van der Waals surface area contributed by atoms with Crippen LogP contribution in [0.3, 0.4) is 0 Å². The number of amides is 2. The Bertz CT molecular complexity index is 370. The number of nitrogens with one attached hydrogen (secondary N) is 1. The molecule has 0 radical (unpaired) electrons. The van der Waals surface area contributed by atoms with Crippen molar-refractivity contribution in [3.63, 3.8) is 0 Å². The number of likely N-dealkylation sites (tertiary alicyclic amines) is 1. The molecule has 1 aromatic rings. The molecule has 2 amide bonds. The number of carbonyl (C=O) groups is 1. The van der Waals surface area contributed by atoms with Crippen molar-refractivity contribution in [2.45, 2.75) is 19.4 Å². The van der Waals surface area contributed by atoms with Crippen LogP contribution in [-0.2, 0) is 6.54 Å². The quantitative estimate of drug-likeness (QED) is 0.869. The van der Waals surface area contributed by atoms with E-state index in [4.69, 9.17) is 4.74 Å². The molecule has 4 nitrogen and oxygen atoms in total. The van der Waals surface area contributed by atoms with E-state index in [0.29, 0.717) is 6.54 Å². The van der Waals surface area contributed by atoms with E-state index < -0.39 is 0 Å². The van der Waals surface area contributed by atoms with Gasteiger partial charge in [0.25, 0.3) is 0 Å². The maximum absolute atomic E-state index is 11.7. The summed E-state index contributed by atoms with van der Waals surface area (Å²) in [6.07, 6.45) is 2.24. The van der Waals surface area contributed by atoms with Gasteiger partial charge in [0, 0.05) is 19.6 Å². The largest absolute Gasteiger partial charge is 0.497 e. The van der Waals surface area contributed by atoms with E-state index in [1.807, 2.05) is 29.2 Å². The molecule has 92 valence electrons. The zero-order valence-corrected chi connectivity index (χ0v) is 10.1. The second kappa shape index (κ2) is 5.57. The average molecular weight is 234 g/mol. The molecular weight excluding hydrogens is 216 g/mol. The number of hydrogen-bond donors (Lipinski definition) is 1. The molecule has 0 atom stereocenters. The summed E-state index contributed by atoms with van der Waals surface area (Å²) in [5.74, 6) is 0.833. The van der Waals surface area contributed by atoms with Gasteiger partial charge in [-0.1, -0.05) is 12.1 Å². The van der Waals surface area contributed by atoms with Crippen molar-refractivity contribution in [2.24, 2.45) is 0 Å². The topological polar surface area (TPSA) is 41.6 Å². The van der Waals surface area contributed by atoms with Gasteiger partial charge in [-0.05, 0) is 30.5 Å². The number of benzene rings is 1. The molecule has 2 rings (SSSR count). The van der Waals surface area contributed by atoms with Crippen LogP contribution in [0.15, 0.2) is 24.3 Å². The smallest absolute Gasteiger partial charge is 0.317 e. The van der Waals surface area contributed by atoms with Gasteiger partial charge in [0.05, 0.1) is 7.11 Å². The van der Waals surface area contributed by atoms with E-state index in [-0.39, 0.29) is 6.03 Å². The third-order valence-corrected chi connectivity index (χ3v) is 3.00. The summed E-state index contributed by atoms with van der Waals surface area (Å²) in [6, 6.07) is 7.76. The number of nitrogens with zero attached hydrogens (tertiary/aromatic N) is 1. The average Bonchev–Trinajstić information content (AvgIpc) is 2.90. The van der Waals surface area contributed by atoms with E-state index in [1.165, 1.54) is 0 Å². The van der Waals surface area contributed by atoms with E-state index in [2.05, 4.69) is 5.32 Å². The first-order chi connectivity index (χ1) is 8.29. The van der Waals surface area contributed by atoms with Crippen LogP contribution < -0.4 is 10.1 Å². The van der Waals surface area contributed by atoms with E-state index in [1.54, 1.807) is 7.11 Å². The Kier molecular flexibility index (Phi) is 3.85. The molecule has 0 bridgehead atoms. The lowest BCUT2D eigenvalue weighted by atomic mass is 10.2. The van der Waals surface area contributed by atoms with E-state index >= 15 is 0 Å². The van der Waals surface area contributed by atoms with Crippen LogP contribution in [0.5, 0.6) is 5.75 Å². The van der Waals surface area contributed by atoms with Gasteiger partial charge >= 0.3 is 6.03 Å². The molecule has 1 fully saturated rings. The number of urea groups is 1. The Morgan fingerprint density at radius 2 is 1.94 bits per heavy atom. The Labute approximate surface area is 102 Å². The Morgan fingerprint density at radius 1 is 1.29 bits per heavy atom. The van der Waals surface area contributed by atoms with Gasteiger partial charge in [-0.25, -0.2) is 4.79 Å². The van der Waals surface area contributed by atoms with Crippen LogP contribution >= 0.6 is 0 Å². The van der Waals surface area contributed by atoms with Crippen LogP contribution in [0.25, 0.3) is 0 Å².